The Balaban J connectivity index is 2.13. The monoisotopic (exact) mass is 259 g/mol. The van der Waals surface area contributed by atoms with Gasteiger partial charge in [-0.15, -0.1) is 0 Å². The molecule has 1 heterocycles. The topological polar surface area (TPSA) is 70.1 Å². The molecule has 0 spiro atoms. The van der Waals surface area contributed by atoms with E-state index in [9.17, 15) is 4.79 Å². The molecule has 0 amide bonds. The van der Waals surface area contributed by atoms with Crippen LogP contribution in [-0.2, 0) is 6.54 Å². The minimum atomic E-state index is -0.185. The smallest absolute Gasteiger partial charge is 0.270 e. The zero-order chi connectivity index (χ0) is 13.7. The lowest BCUT2D eigenvalue weighted by atomic mass is 10.1. The molecule has 2 aromatic rings. The maximum atomic E-state index is 11.9. The van der Waals surface area contributed by atoms with Gasteiger partial charge in [-0.05, 0) is 12.5 Å². The van der Waals surface area contributed by atoms with Crippen molar-refractivity contribution in [2.75, 3.05) is 13.2 Å². The Morgan fingerprint density at radius 3 is 2.68 bits per heavy atom. The van der Waals surface area contributed by atoms with Crippen molar-refractivity contribution in [3.63, 3.8) is 0 Å². The maximum Gasteiger partial charge on any atom is 0.270 e. The van der Waals surface area contributed by atoms with Crippen LogP contribution in [0.25, 0.3) is 0 Å². The van der Waals surface area contributed by atoms with Gasteiger partial charge in [0.15, 0.2) is 0 Å². The van der Waals surface area contributed by atoms with E-state index in [2.05, 4.69) is 5.10 Å². The third-order valence-electron chi connectivity index (χ3n) is 2.68. The summed E-state index contributed by atoms with van der Waals surface area (Å²) < 4.78 is 6.66. The molecule has 2 N–H and O–H groups in total. The Labute approximate surface area is 111 Å². The Hall–Kier alpha value is -2.14. The van der Waals surface area contributed by atoms with E-state index in [4.69, 9.17) is 10.5 Å². The van der Waals surface area contributed by atoms with Crippen LogP contribution in [0.3, 0.4) is 0 Å². The van der Waals surface area contributed by atoms with Crippen LogP contribution in [-0.4, -0.2) is 22.9 Å². The van der Waals surface area contributed by atoms with E-state index >= 15 is 0 Å². The van der Waals surface area contributed by atoms with Crippen LogP contribution in [0.2, 0.25) is 0 Å². The molecule has 0 bridgehead atoms. The summed E-state index contributed by atoms with van der Waals surface area (Å²) in [5.74, 6) is 0.454. The summed E-state index contributed by atoms with van der Waals surface area (Å²) in [4.78, 5) is 11.9. The van der Waals surface area contributed by atoms with E-state index in [0.29, 0.717) is 25.4 Å². The van der Waals surface area contributed by atoms with Crippen molar-refractivity contribution in [1.29, 1.82) is 0 Å². The molecule has 0 radical (unpaired) electrons. The molecule has 19 heavy (non-hydrogen) atoms. The van der Waals surface area contributed by atoms with Crippen LogP contribution in [0.4, 0.5) is 0 Å². The predicted molar refractivity (Wildman–Crippen MR) is 73.3 cm³/mol. The molecule has 0 saturated carbocycles. The van der Waals surface area contributed by atoms with Crippen molar-refractivity contribution >= 4 is 0 Å². The van der Waals surface area contributed by atoms with Gasteiger partial charge in [-0.1, -0.05) is 29.8 Å². The molecule has 0 aliphatic heterocycles. The van der Waals surface area contributed by atoms with Crippen molar-refractivity contribution in [3.05, 3.63) is 58.0 Å². The van der Waals surface area contributed by atoms with Gasteiger partial charge in [0, 0.05) is 12.6 Å². The fourth-order valence-corrected chi connectivity index (χ4v) is 1.66. The van der Waals surface area contributed by atoms with Crippen molar-refractivity contribution in [2.45, 2.75) is 13.5 Å². The summed E-state index contributed by atoms with van der Waals surface area (Å²) in [6, 6.07) is 9.43. The Morgan fingerprint density at radius 2 is 2.05 bits per heavy atom. The third kappa shape index (κ3) is 3.66. The second-order valence-electron chi connectivity index (χ2n) is 4.31. The van der Waals surface area contributed by atoms with E-state index in [0.717, 1.165) is 5.56 Å². The highest BCUT2D eigenvalue weighted by molar-refractivity contribution is 5.21. The highest BCUT2D eigenvalue weighted by Crippen LogP contribution is 2.06. The van der Waals surface area contributed by atoms with Gasteiger partial charge in [0.1, 0.15) is 12.4 Å². The first-order chi connectivity index (χ1) is 9.19. The van der Waals surface area contributed by atoms with Gasteiger partial charge in [-0.3, -0.25) is 4.79 Å². The van der Waals surface area contributed by atoms with E-state index in [-0.39, 0.29) is 5.56 Å². The van der Waals surface area contributed by atoms with Crippen molar-refractivity contribution in [3.8, 4) is 5.75 Å². The largest absolute Gasteiger partial charge is 0.490 e. The van der Waals surface area contributed by atoms with E-state index < -0.39 is 0 Å². The average Bonchev–Trinajstić information content (AvgIpc) is 2.41. The average molecular weight is 259 g/mol. The summed E-state index contributed by atoms with van der Waals surface area (Å²) in [5.41, 5.74) is 7.37. The fourth-order valence-electron chi connectivity index (χ4n) is 1.66. The summed E-state index contributed by atoms with van der Waals surface area (Å²) >= 11 is 0. The third-order valence-corrected chi connectivity index (χ3v) is 2.68. The van der Waals surface area contributed by atoms with Crippen molar-refractivity contribution in [1.82, 2.24) is 9.78 Å². The van der Waals surface area contributed by atoms with Crippen LogP contribution in [0, 0.1) is 6.92 Å². The molecule has 0 aliphatic rings. The Morgan fingerprint density at radius 1 is 1.32 bits per heavy atom. The van der Waals surface area contributed by atoms with Crippen molar-refractivity contribution in [2.24, 2.45) is 5.73 Å². The lowest BCUT2D eigenvalue weighted by molar-refractivity contribution is 0.324. The molecular weight excluding hydrogens is 242 g/mol. The van der Waals surface area contributed by atoms with Gasteiger partial charge in [-0.25, -0.2) is 4.68 Å². The van der Waals surface area contributed by atoms with Crippen molar-refractivity contribution < 1.29 is 4.74 Å². The molecule has 0 atom stereocenters. The number of ether oxygens (including phenoxy) is 1. The number of aryl methyl sites for hydroxylation is 1. The number of aromatic nitrogens is 2. The molecule has 0 fully saturated rings. The quantitative estimate of drug-likeness (QED) is 0.867. The molecule has 2 rings (SSSR count). The summed E-state index contributed by atoms with van der Waals surface area (Å²) in [6.07, 6.45) is 1.53. The summed E-state index contributed by atoms with van der Waals surface area (Å²) in [5, 5.41) is 4.09. The molecule has 5 nitrogen and oxygen atoms in total. The standard InChI is InChI=1S/C14H17N3O2/c1-11-2-4-12(5-3-11)10-17-14(18)8-13(9-16-17)19-7-6-15/h2-5,8-9H,6-7,10,15H2,1H3. The normalized spacial score (nSPS) is 10.4. The van der Waals surface area contributed by atoms with Crippen LogP contribution in [0.15, 0.2) is 41.3 Å². The second-order valence-corrected chi connectivity index (χ2v) is 4.31. The zero-order valence-electron chi connectivity index (χ0n) is 10.9. The minimum Gasteiger partial charge on any atom is -0.490 e. The lowest BCUT2D eigenvalue weighted by Gasteiger charge is -2.07. The lowest BCUT2D eigenvalue weighted by Crippen LogP contribution is -2.23. The Bertz CT molecular complexity index is 590. The second kappa shape index (κ2) is 6.15. The maximum absolute atomic E-state index is 11.9. The molecule has 0 saturated heterocycles. The van der Waals surface area contributed by atoms with Crippen LogP contribution >= 0.6 is 0 Å². The van der Waals surface area contributed by atoms with Gasteiger partial charge in [-0.2, -0.15) is 5.10 Å². The van der Waals surface area contributed by atoms with Crippen LogP contribution in [0.5, 0.6) is 5.75 Å². The SMILES string of the molecule is Cc1ccc(Cn2ncc(OCCN)cc2=O)cc1. The summed E-state index contributed by atoms with van der Waals surface area (Å²) in [6.45, 7) is 3.27. The highest BCUT2D eigenvalue weighted by atomic mass is 16.5. The van der Waals surface area contributed by atoms with Gasteiger partial charge in [0.2, 0.25) is 0 Å². The number of hydrogen-bond acceptors (Lipinski definition) is 4. The number of benzene rings is 1. The first-order valence-electron chi connectivity index (χ1n) is 6.14. The van der Waals surface area contributed by atoms with Gasteiger partial charge >= 0.3 is 0 Å². The number of hydrogen-bond donors (Lipinski definition) is 1. The number of nitrogens with two attached hydrogens (primary N) is 1. The van der Waals surface area contributed by atoms with Crippen LogP contribution < -0.4 is 16.0 Å². The molecule has 0 unspecified atom stereocenters. The predicted octanol–water partition coefficient (Wildman–Crippen LogP) is 0.938. The number of rotatable bonds is 5. The van der Waals surface area contributed by atoms with Gasteiger partial charge in [0.25, 0.3) is 5.56 Å². The van der Waals surface area contributed by atoms with E-state index in [1.807, 2.05) is 31.2 Å². The summed E-state index contributed by atoms with van der Waals surface area (Å²) in [7, 11) is 0. The minimum absolute atomic E-state index is 0.185. The molecule has 0 aliphatic carbocycles. The Kier molecular flexibility index (Phi) is 4.30. The molecule has 1 aromatic carbocycles. The highest BCUT2D eigenvalue weighted by Gasteiger charge is 2.02. The number of nitrogens with zero attached hydrogens (tertiary/aromatic N) is 2. The molecule has 1 aromatic heterocycles. The molecule has 100 valence electrons. The van der Waals surface area contributed by atoms with E-state index in [1.54, 1.807) is 0 Å². The zero-order valence-corrected chi connectivity index (χ0v) is 10.9. The molecular formula is C14H17N3O2. The fraction of sp³-hybridized carbons (Fsp3) is 0.286. The van der Waals surface area contributed by atoms with Gasteiger partial charge < -0.3 is 10.5 Å². The molecule has 5 heteroatoms. The van der Waals surface area contributed by atoms with E-state index in [1.165, 1.54) is 22.5 Å². The van der Waals surface area contributed by atoms with Gasteiger partial charge in [0.05, 0.1) is 12.7 Å². The first kappa shape index (κ1) is 13.3. The van der Waals surface area contributed by atoms with Crippen LogP contribution in [0.1, 0.15) is 11.1 Å². The first-order valence-corrected chi connectivity index (χ1v) is 6.14.